The van der Waals surface area contributed by atoms with E-state index in [2.05, 4.69) is 5.32 Å². The van der Waals surface area contributed by atoms with Crippen molar-refractivity contribution >= 4 is 28.3 Å². The van der Waals surface area contributed by atoms with E-state index in [0.717, 1.165) is 5.56 Å². The average Bonchev–Trinajstić information content (AvgIpc) is 2.24. The molecule has 8 heteroatoms. The summed E-state index contributed by atoms with van der Waals surface area (Å²) in [5, 5.41) is 7.62. The van der Waals surface area contributed by atoms with Crippen LogP contribution in [0, 0.1) is 0 Å². The Morgan fingerprint density at radius 1 is 1.26 bits per heavy atom. The van der Waals surface area contributed by atoms with E-state index in [1.54, 1.807) is 26.0 Å². The molecule has 1 aromatic rings. The Bertz CT molecular complexity index is 535. The quantitative estimate of drug-likeness (QED) is 0.732. The summed E-state index contributed by atoms with van der Waals surface area (Å²) in [5.74, 6) is -0.280. The minimum Gasteiger partial charge on any atom is -0.350 e. The molecule has 19 heavy (non-hydrogen) atoms. The molecule has 0 aliphatic heterocycles. The zero-order valence-corrected chi connectivity index (χ0v) is 12.3. The highest BCUT2D eigenvalue weighted by Crippen LogP contribution is 2.08. The first kappa shape index (κ1) is 17.8. The van der Waals surface area contributed by atoms with Gasteiger partial charge in [0.1, 0.15) is 0 Å². The molecular formula is C11H18ClN3O3S. The van der Waals surface area contributed by atoms with Gasteiger partial charge in [0.25, 0.3) is 0 Å². The van der Waals surface area contributed by atoms with Crippen molar-refractivity contribution in [2.75, 3.05) is 0 Å². The van der Waals surface area contributed by atoms with Crippen LogP contribution in [0.25, 0.3) is 0 Å². The van der Waals surface area contributed by atoms with Gasteiger partial charge in [0.05, 0.1) is 10.4 Å². The molecule has 0 atom stereocenters. The summed E-state index contributed by atoms with van der Waals surface area (Å²) in [6.07, 6.45) is 0. The van der Waals surface area contributed by atoms with Gasteiger partial charge in [0, 0.05) is 6.54 Å². The number of amides is 1. The molecule has 1 rings (SSSR count). The van der Waals surface area contributed by atoms with Gasteiger partial charge in [-0.05, 0) is 31.5 Å². The standard InChI is InChI=1S/C11H17N3O3S.ClH/c1-11(2,12)10(15)14-7-8-3-5-9(6-4-8)18(13,16)17;/h3-6H,7,12H2,1-2H3,(H,14,15)(H2,13,16,17);1H. The summed E-state index contributed by atoms with van der Waals surface area (Å²) in [6.45, 7) is 3.49. The first-order chi connectivity index (χ1) is 8.10. The van der Waals surface area contributed by atoms with Gasteiger partial charge < -0.3 is 11.1 Å². The van der Waals surface area contributed by atoms with Crippen molar-refractivity contribution in [3.63, 3.8) is 0 Å². The Labute approximate surface area is 119 Å². The molecule has 0 bridgehead atoms. The largest absolute Gasteiger partial charge is 0.350 e. The lowest BCUT2D eigenvalue weighted by Crippen LogP contribution is -2.48. The third-order valence-corrected chi connectivity index (χ3v) is 3.22. The Kier molecular flexibility index (Phi) is 5.95. The molecule has 0 aromatic heterocycles. The average molecular weight is 308 g/mol. The minimum atomic E-state index is -3.68. The molecule has 0 radical (unpaired) electrons. The third-order valence-electron chi connectivity index (χ3n) is 2.29. The third kappa shape index (κ3) is 5.56. The number of sulfonamides is 1. The van der Waals surface area contributed by atoms with Crippen molar-refractivity contribution in [2.45, 2.75) is 30.8 Å². The fourth-order valence-electron chi connectivity index (χ4n) is 1.21. The number of hydrogen-bond donors (Lipinski definition) is 3. The Balaban J connectivity index is 0.00000324. The van der Waals surface area contributed by atoms with Crippen LogP contribution < -0.4 is 16.2 Å². The molecule has 0 fully saturated rings. The second-order valence-electron chi connectivity index (χ2n) is 4.59. The van der Waals surface area contributed by atoms with Gasteiger partial charge in [-0.3, -0.25) is 4.79 Å². The lowest BCUT2D eigenvalue weighted by atomic mass is 10.1. The predicted octanol–water partition coefficient (Wildman–Crippen LogP) is 0.109. The summed E-state index contributed by atoms with van der Waals surface area (Å²) in [5.41, 5.74) is 5.44. The molecule has 0 unspecified atom stereocenters. The zero-order chi connectivity index (χ0) is 14.0. The Hall–Kier alpha value is -1.15. The molecule has 0 aliphatic rings. The highest BCUT2D eigenvalue weighted by molar-refractivity contribution is 7.89. The van der Waals surface area contributed by atoms with E-state index in [9.17, 15) is 13.2 Å². The number of carbonyl (C=O) groups is 1. The van der Waals surface area contributed by atoms with Gasteiger partial charge in [0.15, 0.2) is 0 Å². The normalized spacial score (nSPS) is 11.6. The highest BCUT2D eigenvalue weighted by atomic mass is 35.5. The molecule has 0 saturated heterocycles. The second-order valence-corrected chi connectivity index (χ2v) is 6.15. The zero-order valence-electron chi connectivity index (χ0n) is 10.7. The van der Waals surface area contributed by atoms with Crippen molar-refractivity contribution in [3.8, 4) is 0 Å². The SMILES string of the molecule is CC(C)(N)C(=O)NCc1ccc(S(N)(=O)=O)cc1.Cl. The molecule has 1 aromatic carbocycles. The lowest BCUT2D eigenvalue weighted by molar-refractivity contribution is -0.125. The Morgan fingerprint density at radius 3 is 2.11 bits per heavy atom. The van der Waals surface area contributed by atoms with E-state index in [1.165, 1.54) is 12.1 Å². The summed E-state index contributed by atoms with van der Waals surface area (Å²) >= 11 is 0. The number of benzene rings is 1. The van der Waals surface area contributed by atoms with E-state index in [0.29, 0.717) is 0 Å². The van der Waals surface area contributed by atoms with E-state index in [4.69, 9.17) is 10.9 Å². The van der Waals surface area contributed by atoms with Crippen molar-refractivity contribution < 1.29 is 13.2 Å². The Morgan fingerprint density at radius 2 is 1.74 bits per heavy atom. The topological polar surface area (TPSA) is 115 Å². The number of nitrogens with one attached hydrogen (secondary N) is 1. The van der Waals surface area contributed by atoms with E-state index >= 15 is 0 Å². The van der Waals surface area contributed by atoms with Crippen molar-refractivity contribution in [1.82, 2.24) is 5.32 Å². The van der Waals surface area contributed by atoms with Crippen LogP contribution in [0.5, 0.6) is 0 Å². The number of nitrogens with two attached hydrogens (primary N) is 2. The van der Waals surface area contributed by atoms with Crippen LogP contribution in [0.2, 0.25) is 0 Å². The lowest BCUT2D eigenvalue weighted by Gasteiger charge is -2.17. The van der Waals surface area contributed by atoms with Gasteiger partial charge in [-0.1, -0.05) is 12.1 Å². The van der Waals surface area contributed by atoms with Crippen LogP contribution in [0.1, 0.15) is 19.4 Å². The molecule has 5 N–H and O–H groups in total. The fraction of sp³-hybridized carbons (Fsp3) is 0.364. The summed E-state index contributed by atoms with van der Waals surface area (Å²) < 4.78 is 22.1. The van der Waals surface area contributed by atoms with Crippen LogP contribution >= 0.6 is 12.4 Å². The number of hydrogen-bond acceptors (Lipinski definition) is 4. The van der Waals surface area contributed by atoms with Crippen molar-refractivity contribution in [3.05, 3.63) is 29.8 Å². The first-order valence-corrected chi connectivity index (χ1v) is 6.84. The first-order valence-electron chi connectivity index (χ1n) is 5.29. The fourth-order valence-corrected chi connectivity index (χ4v) is 1.72. The van der Waals surface area contributed by atoms with Crippen molar-refractivity contribution in [1.29, 1.82) is 0 Å². The molecule has 0 saturated carbocycles. The number of rotatable bonds is 4. The summed E-state index contributed by atoms with van der Waals surface area (Å²) in [4.78, 5) is 11.6. The van der Waals surface area contributed by atoms with Crippen LogP contribution in [0.15, 0.2) is 29.2 Å². The number of carbonyl (C=O) groups excluding carboxylic acids is 1. The molecule has 0 aliphatic carbocycles. The van der Waals surface area contributed by atoms with E-state index in [-0.39, 0.29) is 29.8 Å². The minimum absolute atomic E-state index is 0. The number of primary sulfonamides is 1. The van der Waals surface area contributed by atoms with Gasteiger partial charge >= 0.3 is 0 Å². The van der Waals surface area contributed by atoms with Crippen LogP contribution in [0.3, 0.4) is 0 Å². The molecule has 108 valence electrons. The molecule has 0 heterocycles. The molecule has 0 spiro atoms. The highest BCUT2D eigenvalue weighted by Gasteiger charge is 2.21. The van der Waals surface area contributed by atoms with Gasteiger partial charge in [-0.25, -0.2) is 13.6 Å². The van der Waals surface area contributed by atoms with Crippen LogP contribution in [-0.2, 0) is 21.4 Å². The predicted molar refractivity (Wildman–Crippen MR) is 75.2 cm³/mol. The van der Waals surface area contributed by atoms with Gasteiger partial charge in [-0.2, -0.15) is 0 Å². The van der Waals surface area contributed by atoms with Gasteiger partial charge in [-0.15, -0.1) is 12.4 Å². The molecular weight excluding hydrogens is 290 g/mol. The smallest absolute Gasteiger partial charge is 0.239 e. The second kappa shape index (κ2) is 6.33. The van der Waals surface area contributed by atoms with E-state index in [1.807, 2.05) is 0 Å². The summed E-state index contributed by atoms with van der Waals surface area (Å²) in [6, 6.07) is 5.96. The maximum absolute atomic E-state index is 11.5. The van der Waals surface area contributed by atoms with Gasteiger partial charge in [0.2, 0.25) is 15.9 Å². The van der Waals surface area contributed by atoms with Crippen molar-refractivity contribution in [2.24, 2.45) is 10.9 Å². The maximum atomic E-state index is 11.5. The summed E-state index contributed by atoms with van der Waals surface area (Å²) in [7, 11) is -3.68. The van der Waals surface area contributed by atoms with Crippen LogP contribution in [-0.4, -0.2) is 19.9 Å². The molecule has 6 nitrogen and oxygen atoms in total. The molecule has 1 amide bonds. The van der Waals surface area contributed by atoms with Crippen LogP contribution in [0.4, 0.5) is 0 Å². The number of halogens is 1. The van der Waals surface area contributed by atoms with E-state index < -0.39 is 15.6 Å². The monoisotopic (exact) mass is 307 g/mol. The maximum Gasteiger partial charge on any atom is 0.239 e.